The summed E-state index contributed by atoms with van der Waals surface area (Å²) in [6, 6.07) is 0. The van der Waals surface area contributed by atoms with Gasteiger partial charge in [-0.05, 0) is 13.3 Å². The number of H-pyrrole nitrogens is 1. The van der Waals surface area contributed by atoms with E-state index in [4.69, 9.17) is 0 Å². The molecule has 0 bridgehead atoms. The van der Waals surface area contributed by atoms with E-state index in [0.29, 0.717) is 0 Å². The van der Waals surface area contributed by atoms with Crippen molar-refractivity contribution in [2.24, 2.45) is 0 Å². The first-order valence-corrected chi connectivity index (χ1v) is 4.00. The number of imidazole rings is 1. The first kappa shape index (κ1) is 8.11. The number of nitrogens with one attached hydrogen (secondary N) is 1. The average Bonchev–Trinajstić information content (AvgIpc) is 2.29. The number of unbranched alkanes of at least 4 members (excludes halogenated alkanes) is 1. The van der Waals surface area contributed by atoms with Gasteiger partial charge >= 0.3 is 5.69 Å². The molecule has 0 aliphatic rings. The lowest BCUT2D eigenvalue weighted by Gasteiger charge is -2.00. The van der Waals surface area contributed by atoms with Crippen LogP contribution in [0.3, 0.4) is 0 Å². The minimum absolute atomic E-state index is 0.0101. The predicted octanol–water partition coefficient (Wildman–Crippen LogP) is 1.28. The molecule has 1 N–H and O–H groups in total. The SMILES string of the molecule is CCCCn1c(C)c[nH]c1=O. The van der Waals surface area contributed by atoms with Gasteiger partial charge in [-0.15, -0.1) is 0 Å². The number of aromatic amines is 1. The molecule has 0 unspecified atom stereocenters. The van der Waals surface area contributed by atoms with Crippen LogP contribution in [0.15, 0.2) is 11.0 Å². The Kier molecular flexibility index (Phi) is 2.52. The van der Waals surface area contributed by atoms with E-state index in [1.54, 1.807) is 10.8 Å². The Morgan fingerprint density at radius 3 is 2.82 bits per heavy atom. The molecule has 3 nitrogen and oxygen atoms in total. The van der Waals surface area contributed by atoms with E-state index in [2.05, 4.69) is 11.9 Å². The number of aryl methyl sites for hydroxylation is 1. The number of nitrogens with zero attached hydrogens (tertiary/aromatic N) is 1. The minimum atomic E-state index is 0.0101. The lowest BCUT2D eigenvalue weighted by molar-refractivity contribution is 0.603. The van der Waals surface area contributed by atoms with E-state index in [0.717, 1.165) is 25.1 Å². The summed E-state index contributed by atoms with van der Waals surface area (Å²) >= 11 is 0. The van der Waals surface area contributed by atoms with Crippen LogP contribution < -0.4 is 5.69 Å². The molecular formula is C8H14N2O. The molecule has 0 fully saturated rings. The first-order valence-electron chi connectivity index (χ1n) is 4.00. The molecule has 1 rings (SSSR count). The van der Waals surface area contributed by atoms with Gasteiger partial charge in [0.15, 0.2) is 0 Å². The van der Waals surface area contributed by atoms with Crippen molar-refractivity contribution in [1.29, 1.82) is 0 Å². The van der Waals surface area contributed by atoms with Crippen molar-refractivity contribution in [1.82, 2.24) is 9.55 Å². The Hall–Kier alpha value is -0.990. The zero-order chi connectivity index (χ0) is 8.27. The van der Waals surface area contributed by atoms with E-state index in [9.17, 15) is 4.79 Å². The molecule has 0 aliphatic heterocycles. The Bertz CT molecular complexity index is 272. The summed E-state index contributed by atoms with van der Waals surface area (Å²) in [6.45, 7) is 4.89. The van der Waals surface area contributed by atoms with Crippen LogP contribution >= 0.6 is 0 Å². The lowest BCUT2D eigenvalue weighted by atomic mass is 10.3. The molecule has 0 atom stereocenters. The van der Waals surface area contributed by atoms with Crippen molar-refractivity contribution in [3.8, 4) is 0 Å². The van der Waals surface area contributed by atoms with Gasteiger partial charge in [0.25, 0.3) is 0 Å². The third-order valence-electron chi connectivity index (χ3n) is 1.81. The van der Waals surface area contributed by atoms with Crippen LogP contribution in [0.1, 0.15) is 25.5 Å². The van der Waals surface area contributed by atoms with Crippen molar-refractivity contribution in [3.63, 3.8) is 0 Å². The van der Waals surface area contributed by atoms with Gasteiger partial charge in [-0.25, -0.2) is 4.79 Å². The standard InChI is InChI=1S/C8H14N2O/c1-3-4-5-10-7(2)6-9-8(10)11/h6H,3-5H2,1-2H3,(H,9,11). The van der Waals surface area contributed by atoms with Gasteiger partial charge in [-0.1, -0.05) is 13.3 Å². The zero-order valence-electron chi connectivity index (χ0n) is 7.05. The summed E-state index contributed by atoms with van der Waals surface area (Å²) in [6.07, 6.45) is 3.94. The highest BCUT2D eigenvalue weighted by molar-refractivity contribution is 4.94. The molecule has 0 saturated carbocycles. The molecule has 0 spiro atoms. The molecule has 0 radical (unpaired) electrons. The van der Waals surface area contributed by atoms with Gasteiger partial charge in [0.05, 0.1) is 0 Å². The molecule has 62 valence electrons. The van der Waals surface area contributed by atoms with E-state index < -0.39 is 0 Å². The molecule has 11 heavy (non-hydrogen) atoms. The molecule has 0 saturated heterocycles. The fourth-order valence-electron chi connectivity index (χ4n) is 1.08. The van der Waals surface area contributed by atoms with Gasteiger partial charge in [0, 0.05) is 18.4 Å². The normalized spacial score (nSPS) is 10.4. The largest absolute Gasteiger partial charge is 0.325 e. The minimum Gasteiger partial charge on any atom is -0.312 e. The van der Waals surface area contributed by atoms with Gasteiger partial charge < -0.3 is 4.98 Å². The highest BCUT2D eigenvalue weighted by Gasteiger charge is 1.98. The molecule has 1 aromatic rings. The smallest absolute Gasteiger partial charge is 0.312 e. The Morgan fingerprint density at radius 1 is 1.64 bits per heavy atom. The van der Waals surface area contributed by atoms with Crippen LogP contribution in [0.4, 0.5) is 0 Å². The third-order valence-corrected chi connectivity index (χ3v) is 1.81. The summed E-state index contributed by atoms with van der Waals surface area (Å²) in [5.74, 6) is 0. The van der Waals surface area contributed by atoms with Gasteiger partial charge in [-0.2, -0.15) is 0 Å². The second kappa shape index (κ2) is 3.42. The molecule has 1 heterocycles. The number of aromatic nitrogens is 2. The van der Waals surface area contributed by atoms with Crippen LogP contribution in [-0.2, 0) is 6.54 Å². The van der Waals surface area contributed by atoms with Crippen molar-refractivity contribution in [2.45, 2.75) is 33.2 Å². The van der Waals surface area contributed by atoms with Crippen molar-refractivity contribution in [3.05, 3.63) is 22.4 Å². The van der Waals surface area contributed by atoms with Crippen LogP contribution in [0.2, 0.25) is 0 Å². The lowest BCUT2D eigenvalue weighted by Crippen LogP contribution is -2.17. The topological polar surface area (TPSA) is 37.8 Å². The fourth-order valence-corrected chi connectivity index (χ4v) is 1.08. The third kappa shape index (κ3) is 1.73. The molecular weight excluding hydrogens is 140 g/mol. The highest BCUT2D eigenvalue weighted by Crippen LogP contribution is 1.95. The molecule has 3 heteroatoms. The zero-order valence-corrected chi connectivity index (χ0v) is 7.05. The van der Waals surface area contributed by atoms with E-state index in [-0.39, 0.29) is 5.69 Å². The first-order chi connectivity index (χ1) is 5.25. The summed E-state index contributed by atoms with van der Waals surface area (Å²) in [7, 11) is 0. The summed E-state index contributed by atoms with van der Waals surface area (Å²) < 4.78 is 1.77. The van der Waals surface area contributed by atoms with Crippen LogP contribution in [-0.4, -0.2) is 9.55 Å². The predicted molar refractivity (Wildman–Crippen MR) is 44.7 cm³/mol. The highest BCUT2D eigenvalue weighted by atomic mass is 16.1. The maximum absolute atomic E-state index is 11.1. The quantitative estimate of drug-likeness (QED) is 0.699. The van der Waals surface area contributed by atoms with Crippen LogP contribution in [0.5, 0.6) is 0 Å². The van der Waals surface area contributed by atoms with Crippen LogP contribution in [0, 0.1) is 6.92 Å². The summed E-state index contributed by atoms with van der Waals surface area (Å²) in [4.78, 5) is 13.7. The molecule has 0 aromatic carbocycles. The second-order valence-corrected chi connectivity index (χ2v) is 2.74. The number of rotatable bonds is 3. The number of hydrogen-bond acceptors (Lipinski definition) is 1. The van der Waals surface area contributed by atoms with Crippen molar-refractivity contribution < 1.29 is 0 Å². The molecule has 0 amide bonds. The van der Waals surface area contributed by atoms with Gasteiger partial charge in [-0.3, -0.25) is 4.57 Å². The van der Waals surface area contributed by atoms with Crippen molar-refractivity contribution >= 4 is 0 Å². The van der Waals surface area contributed by atoms with Crippen LogP contribution in [0.25, 0.3) is 0 Å². The fraction of sp³-hybridized carbons (Fsp3) is 0.625. The monoisotopic (exact) mass is 154 g/mol. The summed E-state index contributed by atoms with van der Waals surface area (Å²) in [5.41, 5.74) is 1.03. The number of hydrogen-bond donors (Lipinski definition) is 1. The van der Waals surface area contributed by atoms with Crippen molar-refractivity contribution in [2.75, 3.05) is 0 Å². The second-order valence-electron chi connectivity index (χ2n) is 2.74. The summed E-state index contributed by atoms with van der Waals surface area (Å²) in [5, 5.41) is 0. The molecule has 0 aliphatic carbocycles. The Labute approximate surface area is 66.1 Å². The molecule has 1 aromatic heterocycles. The van der Waals surface area contributed by atoms with E-state index in [1.807, 2.05) is 6.92 Å². The maximum atomic E-state index is 11.1. The Balaban J connectivity index is 2.75. The van der Waals surface area contributed by atoms with E-state index >= 15 is 0 Å². The van der Waals surface area contributed by atoms with Gasteiger partial charge in [0.2, 0.25) is 0 Å². The Morgan fingerprint density at radius 2 is 2.36 bits per heavy atom. The van der Waals surface area contributed by atoms with Gasteiger partial charge in [0.1, 0.15) is 0 Å². The maximum Gasteiger partial charge on any atom is 0.325 e. The van der Waals surface area contributed by atoms with E-state index in [1.165, 1.54) is 0 Å². The average molecular weight is 154 g/mol.